The molecule has 1 saturated heterocycles. The molecule has 3 aromatic rings. The molecule has 4 rings (SSSR count). The average Bonchev–Trinajstić information content (AvgIpc) is 3.10. The van der Waals surface area contributed by atoms with Gasteiger partial charge in [-0.05, 0) is 37.9 Å². The Bertz CT molecular complexity index is 874. The van der Waals surface area contributed by atoms with Crippen LogP contribution in [-0.4, -0.2) is 45.0 Å². The zero-order valence-corrected chi connectivity index (χ0v) is 15.4. The molecule has 1 aromatic carbocycles. The molecule has 1 atom stereocenters. The Balaban J connectivity index is 1.45. The summed E-state index contributed by atoms with van der Waals surface area (Å²) in [4.78, 5) is 19.6. The monoisotopic (exact) mass is 351 g/mol. The molecular formula is C20H25N5O. The molecular weight excluding hydrogens is 326 g/mol. The van der Waals surface area contributed by atoms with Crippen LogP contribution in [0.2, 0.25) is 0 Å². The number of hydrogen-bond acceptors (Lipinski definition) is 5. The van der Waals surface area contributed by atoms with E-state index in [1.165, 1.54) is 18.4 Å². The van der Waals surface area contributed by atoms with Gasteiger partial charge in [0, 0.05) is 44.1 Å². The van der Waals surface area contributed by atoms with Crippen molar-refractivity contribution in [2.24, 2.45) is 0 Å². The van der Waals surface area contributed by atoms with Crippen molar-refractivity contribution in [3.8, 4) is 0 Å². The van der Waals surface area contributed by atoms with Gasteiger partial charge in [-0.25, -0.2) is 15.0 Å². The van der Waals surface area contributed by atoms with Gasteiger partial charge in [0.1, 0.15) is 12.4 Å². The van der Waals surface area contributed by atoms with Crippen molar-refractivity contribution in [1.82, 2.24) is 24.8 Å². The SMILES string of the molecule is COCc1ncc(CN2CCC[C@@H](c3nc4c(C)cccc4[nH]3)C2)cn1. The lowest BCUT2D eigenvalue weighted by molar-refractivity contribution is 0.177. The van der Waals surface area contributed by atoms with E-state index in [0.29, 0.717) is 12.5 Å². The minimum Gasteiger partial charge on any atom is -0.377 e. The van der Waals surface area contributed by atoms with E-state index in [-0.39, 0.29) is 0 Å². The van der Waals surface area contributed by atoms with E-state index >= 15 is 0 Å². The zero-order chi connectivity index (χ0) is 17.9. The number of nitrogens with one attached hydrogen (secondary N) is 1. The molecule has 0 amide bonds. The summed E-state index contributed by atoms with van der Waals surface area (Å²) in [7, 11) is 1.66. The molecule has 6 nitrogen and oxygen atoms in total. The van der Waals surface area contributed by atoms with E-state index in [1.807, 2.05) is 12.4 Å². The van der Waals surface area contributed by atoms with E-state index < -0.39 is 0 Å². The summed E-state index contributed by atoms with van der Waals surface area (Å²) in [6.45, 7) is 5.57. The number of hydrogen-bond donors (Lipinski definition) is 1. The Morgan fingerprint density at radius 1 is 1.27 bits per heavy atom. The number of ether oxygens (including phenoxy) is 1. The number of aryl methyl sites for hydroxylation is 1. The molecule has 0 saturated carbocycles. The minimum absolute atomic E-state index is 0.448. The summed E-state index contributed by atoms with van der Waals surface area (Å²) < 4.78 is 5.07. The summed E-state index contributed by atoms with van der Waals surface area (Å²) >= 11 is 0. The summed E-state index contributed by atoms with van der Waals surface area (Å²) in [6.07, 6.45) is 6.19. The number of para-hydroxylation sites is 1. The molecule has 26 heavy (non-hydrogen) atoms. The number of aromatic nitrogens is 4. The number of methoxy groups -OCH3 is 1. The average molecular weight is 351 g/mol. The van der Waals surface area contributed by atoms with Crippen LogP contribution in [0.25, 0.3) is 11.0 Å². The molecule has 3 heterocycles. The number of likely N-dealkylation sites (tertiary alicyclic amines) is 1. The van der Waals surface area contributed by atoms with Gasteiger partial charge in [-0.3, -0.25) is 4.90 Å². The molecule has 0 unspecified atom stereocenters. The third kappa shape index (κ3) is 3.61. The number of aromatic amines is 1. The predicted molar refractivity (Wildman–Crippen MR) is 101 cm³/mol. The second-order valence-corrected chi connectivity index (χ2v) is 7.11. The molecule has 0 aliphatic carbocycles. The number of fused-ring (bicyclic) bond motifs is 1. The minimum atomic E-state index is 0.448. The Hall–Kier alpha value is -2.31. The van der Waals surface area contributed by atoms with Crippen molar-refractivity contribution in [3.63, 3.8) is 0 Å². The molecule has 1 fully saturated rings. The molecule has 0 radical (unpaired) electrons. The largest absolute Gasteiger partial charge is 0.377 e. The van der Waals surface area contributed by atoms with Crippen LogP contribution in [-0.2, 0) is 17.9 Å². The number of piperidine rings is 1. The third-order valence-electron chi connectivity index (χ3n) is 5.06. The fourth-order valence-corrected chi connectivity index (χ4v) is 3.74. The highest BCUT2D eigenvalue weighted by Gasteiger charge is 2.24. The number of benzene rings is 1. The standard InChI is InChI=1S/C20H25N5O/c1-14-5-3-7-17-19(14)24-20(23-17)16-6-4-8-25(12-16)11-15-9-21-18(13-26-2)22-10-15/h3,5,7,9-10,16H,4,6,8,11-13H2,1-2H3,(H,23,24)/t16-/m1/s1. The van der Waals surface area contributed by atoms with Crippen LogP contribution in [0.15, 0.2) is 30.6 Å². The molecule has 6 heteroatoms. The zero-order valence-electron chi connectivity index (χ0n) is 15.4. The highest BCUT2D eigenvalue weighted by molar-refractivity contribution is 5.78. The van der Waals surface area contributed by atoms with Gasteiger partial charge >= 0.3 is 0 Å². The number of rotatable bonds is 5. The summed E-state index contributed by atoms with van der Waals surface area (Å²) in [5, 5.41) is 0. The molecule has 0 spiro atoms. The van der Waals surface area contributed by atoms with Crippen molar-refractivity contribution >= 4 is 11.0 Å². The first-order chi connectivity index (χ1) is 12.7. The van der Waals surface area contributed by atoms with E-state index in [9.17, 15) is 0 Å². The second-order valence-electron chi connectivity index (χ2n) is 7.11. The molecule has 1 N–H and O–H groups in total. The van der Waals surface area contributed by atoms with Crippen LogP contribution in [0.5, 0.6) is 0 Å². The van der Waals surface area contributed by atoms with Crippen LogP contribution in [0.3, 0.4) is 0 Å². The van der Waals surface area contributed by atoms with Crippen LogP contribution < -0.4 is 0 Å². The lowest BCUT2D eigenvalue weighted by Gasteiger charge is -2.31. The smallest absolute Gasteiger partial charge is 0.153 e. The Kier molecular flexibility index (Phi) is 4.95. The molecule has 1 aliphatic rings. The molecule has 0 bridgehead atoms. The normalized spacial score (nSPS) is 18.5. The van der Waals surface area contributed by atoms with Gasteiger partial charge in [0.2, 0.25) is 0 Å². The Morgan fingerprint density at radius 2 is 2.12 bits per heavy atom. The predicted octanol–water partition coefficient (Wildman–Crippen LogP) is 3.19. The van der Waals surface area contributed by atoms with Crippen LogP contribution in [0, 0.1) is 6.92 Å². The quantitative estimate of drug-likeness (QED) is 0.765. The number of imidazole rings is 1. The highest BCUT2D eigenvalue weighted by Crippen LogP contribution is 2.28. The number of nitrogens with zero attached hydrogens (tertiary/aromatic N) is 4. The van der Waals surface area contributed by atoms with Gasteiger partial charge in [-0.2, -0.15) is 0 Å². The van der Waals surface area contributed by atoms with Crippen molar-refractivity contribution in [1.29, 1.82) is 0 Å². The van der Waals surface area contributed by atoms with Crippen LogP contribution >= 0.6 is 0 Å². The maximum atomic E-state index is 5.07. The first kappa shape index (κ1) is 17.1. The highest BCUT2D eigenvalue weighted by atomic mass is 16.5. The van der Waals surface area contributed by atoms with Gasteiger partial charge in [-0.15, -0.1) is 0 Å². The molecule has 136 valence electrons. The maximum Gasteiger partial charge on any atom is 0.153 e. The van der Waals surface area contributed by atoms with Crippen LogP contribution in [0.4, 0.5) is 0 Å². The van der Waals surface area contributed by atoms with E-state index in [2.05, 4.69) is 45.0 Å². The van der Waals surface area contributed by atoms with E-state index in [0.717, 1.165) is 47.9 Å². The Morgan fingerprint density at radius 3 is 2.88 bits per heavy atom. The maximum absolute atomic E-state index is 5.07. The van der Waals surface area contributed by atoms with Gasteiger partial charge in [-0.1, -0.05) is 12.1 Å². The molecule has 1 aliphatic heterocycles. The van der Waals surface area contributed by atoms with Crippen molar-refractivity contribution in [3.05, 3.63) is 53.4 Å². The van der Waals surface area contributed by atoms with Gasteiger partial charge in [0.25, 0.3) is 0 Å². The first-order valence-electron chi connectivity index (χ1n) is 9.19. The fraction of sp³-hybridized carbons (Fsp3) is 0.450. The van der Waals surface area contributed by atoms with Crippen molar-refractivity contribution in [2.45, 2.75) is 38.8 Å². The van der Waals surface area contributed by atoms with E-state index in [1.54, 1.807) is 7.11 Å². The fourth-order valence-electron chi connectivity index (χ4n) is 3.74. The van der Waals surface area contributed by atoms with Gasteiger partial charge in [0.05, 0.1) is 11.0 Å². The summed E-state index contributed by atoms with van der Waals surface area (Å²) in [5.74, 6) is 2.29. The summed E-state index contributed by atoms with van der Waals surface area (Å²) in [6, 6.07) is 6.31. The summed E-state index contributed by atoms with van der Waals surface area (Å²) in [5.41, 5.74) is 4.61. The first-order valence-corrected chi connectivity index (χ1v) is 9.19. The van der Waals surface area contributed by atoms with Gasteiger partial charge < -0.3 is 9.72 Å². The second kappa shape index (κ2) is 7.51. The lowest BCUT2D eigenvalue weighted by atomic mass is 9.97. The molecule has 2 aromatic heterocycles. The van der Waals surface area contributed by atoms with Crippen LogP contribution in [0.1, 0.15) is 41.5 Å². The third-order valence-corrected chi connectivity index (χ3v) is 5.06. The Labute approximate surface area is 153 Å². The lowest BCUT2D eigenvalue weighted by Crippen LogP contribution is -2.34. The van der Waals surface area contributed by atoms with Gasteiger partial charge in [0.15, 0.2) is 5.82 Å². The topological polar surface area (TPSA) is 66.9 Å². The van der Waals surface area contributed by atoms with Crippen molar-refractivity contribution in [2.75, 3.05) is 20.2 Å². The van der Waals surface area contributed by atoms with Crippen molar-refractivity contribution < 1.29 is 4.74 Å². The number of H-pyrrole nitrogens is 1. The van der Waals surface area contributed by atoms with E-state index in [4.69, 9.17) is 9.72 Å².